The molecule has 0 amide bonds. The first kappa shape index (κ1) is 15.5. The molecule has 1 atom stereocenters. The Morgan fingerprint density at radius 1 is 1.48 bits per heavy atom. The smallest absolute Gasteiger partial charge is 0.311 e. The number of carboxylic acids is 1. The van der Waals surface area contributed by atoms with Crippen molar-refractivity contribution >= 4 is 11.9 Å². The summed E-state index contributed by atoms with van der Waals surface area (Å²) in [6.45, 7) is 7.51. The van der Waals surface area contributed by atoms with Crippen molar-refractivity contribution in [2.24, 2.45) is 5.41 Å². The largest absolute Gasteiger partial charge is 0.481 e. The lowest BCUT2D eigenvalue weighted by atomic mass is 9.78. The standard InChI is InChI=1S/C15H23N3O3/c1-4-15(13(19)20)7-6-8-18(10-15)14-16-11(3)9-12(17-14)21-5-2/h9H,4-8,10H2,1-3H3,(H,19,20). The van der Waals surface area contributed by atoms with Crippen LogP contribution >= 0.6 is 0 Å². The number of anilines is 1. The molecule has 0 radical (unpaired) electrons. The Morgan fingerprint density at radius 2 is 2.24 bits per heavy atom. The van der Waals surface area contributed by atoms with Gasteiger partial charge in [-0.25, -0.2) is 4.98 Å². The van der Waals surface area contributed by atoms with Crippen molar-refractivity contribution in [3.05, 3.63) is 11.8 Å². The van der Waals surface area contributed by atoms with E-state index in [4.69, 9.17) is 4.74 Å². The summed E-state index contributed by atoms with van der Waals surface area (Å²) in [4.78, 5) is 22.4. The zero-order chi connectivity index (χ0) is 15.5. The lowest BCUT2D eigenvalue weighted by Gasteiger charge is -2.39. The molecule has 1 aromatic heterocycles. The van der Waals surface area contributed by atoms with Crippen molar-refractivity contribution in [1.29, 1.82) is 0 Å². The van der Waals surface area contributed by atoms with Crippen LogP contribution in [0.3, 0.4) is 0 Å². The molecule has 1 unspecified atom stereocenters. The van der Waals surface area contributed by atoms with Gasteiger partial charge in [0.1, 0.15) is 0 Å². The second kappa shape index (κ2) is 6.28. The lowest BCUT2D eigenvalue weighted by Crippen LogP contribution is -2.48. The average Bonchev–Trinajstić information content (AvgIpc) is 2.47. The molecule has 1 aliphatic heterocycles. The van der Waals surface area contributed by atoms with Gasteiger partial charge in [0.15, 0.2) is 0 Å². The maximum absolute atomic E-state index is 11.6. The van der Waals surface area contributed by atoms with E-state index < -0.39 is 11.4 Å². The van der Waals surface area contributed by atoms with Crippen molar-refractivity contribution in [3.8, 4) is 5.88 Å². The van der Waals surface area contributed by atoms with Crippen LogP contribution in [0.15, 0.2) is 6.07 Å². The van der Waals surface area contributed by atoms with Crippen LogP contribution in [-0.4, -0.2) is 40.7 Å². The third-order valence-corrected chi connectivity index (χ3v) is 4.10. The highest BCUT2D eigenvalue weighted by Gasteiger charge is 2.41. The van der Waals surface area contributed by atoms with Crippen molar-refractivity contribution in [2.45, 2.75) is 40.0 Å². The minimum Gasteiger partial charge on any atom is -0.481 e. The number of aromatic nitrogens is 2. The zero-order valence-corrected chi connectivity index (χ0v) is 12.9. The molecule has 1 aliphatic rings. The fraction of sp³-hybridized carbons (Fsp3) is 0.667. The summed E-state index contributed by atoms with van der Waals surface area (Å²) in [7, 11) is 0. The monoisotopic (exact) mass is 293 g/mol. The van der Waals surface area contributed by atoms with Gasteiger partial charge >= 0.3 is 5.97 Å². The van der Waals surface area contributed by atoms with E-state index in [0.29, 0.717) is 37.8 Å². The van der Waals surface area contributed by atoms with E-state index in [-0.39, 0.29) is 0 Å². The van der Waals surface area contributed by atoms with Crippen LogP contribution in [0.4, 0.5) is 5.95 Å². The van der Waals surface area contributed by atoms with Gasteiger partial charge in [0.05, 0.1) is 12.0 Å². The zero-order valence-electron chi connectivity index (χ0n) is 12.9. The van der Waals surface area contributed by atoms with Gasteiger partial charge in [-0.2, -0.15) is 4.98 Å². The molecule has 0 spiro atoms. The molecule has 1 saturated heterocycles. The number of hydrogen-bond donors (Lipinski definition) is 1. The topological polar surface area (TPSA) is 75.5 Å². The fourth-order valence-electron chi connectivity index (χ4n) is 2.80. The molecule has 1 fully saturated rings. The van der Waals surface area contributed by atoms with Crippen LogP contribution < -0.4 is 9.64 Å². The molecule has 116 valence electrons. The van der Waals surface area contributed by atoms with Gasteiger partial charge in [0, 0.05) is 24.8 Å². The summed E-state index contributed by atoms with van der Waals surface area (Å²) < 4.78 is 5.45. The number of rotatable bonds is 5. The number of nitrogens with zero attached hydrogens (tertiary/aromatic N) is 3. The van der Waals surface area contributed by atoms with E-state index >= 15 is 0 Å². The SMILES string of the molecule is CCOc1cc(C)nc(N2CCCC(CC)(C(=O)O)C2)n1. The number of aliphatic carboxylic acids is 1. The Kier molecular flexibility index (Phi) is 4.65. The predicted octanol–water partition coefficient (Wildman–Crippen LogP) is 2.26. The molecule has 0 bridgehead atoms. The molecule has 6 heteroatoms. The Labute approximate surface area is 125 Å². The molecule has 6 nitrogen and oxygen atoms in total. The summed E-state index contributed by atoms with van der Waals surface area (Å²) in [5.74, 6) is 0.382. The second-order valence-corrected chi connectivity index (χ2v) is 5.54. The highest BCUT2D eigenvalue weighted by atomic mass is 16.5. The van der Waals surface area contributed by atoms with Gasteiger partial charge in [0.2, 0.25) is 11.8 Å². The number of ether oxygens (including phenoxy) is 1. The van der Waals surface area contributed by atoms with Gasteiger partial charge in [-0.15, -0.1) is 0 Å². The van der Waals surface area contributed by atoms with Gasteiger partial charge < -0.3 is 14.7 Å². The molecule has 1 N–H and O–H groups in total. The summed E-state index contributed by atoms with van der Waals surface area (Å²) in [6.07, 6.45) is 2.16. The first-order valence-corrected chi connectivity index (χ1v) is 7.47. The van der Waals surface area contributed by atoms with E-state index in [1.165, 1.54) is 0 Å². The minimum atomic E-state index is -0.729. The highest BCUT2D eigenvalue weighted by molar-refractivity contribution is 5.75. The highest BCUT2D eigenvalue weighted by Crippen LogP contribution is 2.35. The predicted molar refractivity (Wildman–Crippen MR) is 79.7 cm³/mol. The molecular formula is C15H23N3O3. The van der Waals surface area contributed by atoms with Crippen molar-refractivity contribution in [2.75, 3.05) is 24.6 Å². The van der Waals surface area contributed by atoms with Gasteiger partial charge in [-0.05, 0) is 33.1 Å². The van der Waals surface area contributed by atoms with E-state index in [2.05, 4.69) is 9.97 Å². The van der Waals surface area contributed by atoms with E-state index in [9.17, 15) is 9.90 Å². The van der Waals surface area contributed by atoms with Crippen molar-refractivity contribution in [3.63, 3.8) is 0 Å². The maximum atomic E-state index is 11.6. The molecule has 2 rings (SSSR count). The number of hydrogen-bond acceptors (Lipinski definition) is 5. The molecule has 0 aromatic carbocycles. The number of carboxylic acid groups (broad SMARTS) is 1. The summed E-state index contributed by atoms with van der Waals surface area (Å²) >= 11 is 0. The quantitative estimate of drug-likeness (QED) is 0.897. The van der Waals surface area contributed by atoms with Crippen LogP contribution in [0.2, 0.25) is 0 Å². The van der Waals surface area contributed by atoms with Gasteiger partial charge in [-0.3, -0.25) is 4.79 Å². The molecule has 0 aliphatic carbocycles. The number of carbonyl (C=O) groups is 1. The van der Waals surface area contributed by atoms with E-state index in [0.717, 1.165) is 18.7 Å². The Hall–Kier alpha value is -1.85. The van der Waals surface area contributed by atoms with E-state index in [1.54, 1.807) is 6.07 Å². The van der Waals surface area contributed by atoms with Crippen molar-refractivity contribution in [1.82, 2.24) is 9.97 Å². The Bertz CT molecular complexity index is 521. The van der Waals surface area contributed by atoms with Crippen LogP contribution in [0.1, 0.15) is 38.8 Å². The molecule has 21 heavy (non-hydrogen) atoms. The normalized spacial score (nSPS) is 22.1. The molecular weight excluding hydrogens is 270 g/mol. The Morgan fingerprint density at radius 3 is 2.86 bits per heavy atom. The van der Waals surface area contributed by atoms with E-state index in [1.807, 2.05) is 25.7 Å². The third kappa shape index (κ3) is 3.25. The van der Waals surface area contributed by atoms with Gasteiger partial charge in [0.25, 0.3) is 0 Å². The summed E-state index contributed by atoms with van der Waals surface area (Å²) in [5, 5.41) is 9.55. The maximum Gasteiger partial charge on any atom is 0.311 e. The molecule has 1 aromatic rings. The molecule has 0 saturated carbocycles. The summed E-state index contributed by atoms with van der Waals surface area (Å²) in [6, 6.07) is 1.79. The van der Waals surface area contributed by atoms with Crippen LogP contribution in [-0.2, 0) is 4.79 Å². The lowest BCUT2D eigenvalue weighted by molar-refractivity contribution is -0.149. The van der Waals surface area contributed by atoms with Gasteiger partial charge in [-0.1, -0.05) is 6.92 Å². The van der Waals surface area contributed by atoms with Crippen molar-refractivity contribution < 1.29 is 14.6 Å². The average molecular weight is 293 g/mol. The number of aryl methyl sites for hydroxylation is 1. The first-order chi connectivity index (χ1) is 10.0. The van der Waals surface area contributed by atoms with Crippen LogP contribution in [0.5, 0.6) is 5.88 Å². The van der Waals surface area contributed by atoms with Crippen LogP contribution in [0, 0.1) is 12.3 Å². The summed E-state index contributed by atoms with van der Waals surface area (Å²) in [5.41, 5.74) is 0.128. The third-order valence-electron chi connectivity index (χ3n) is 4.10. The first-order valence-electron chi connectivity index (χ1n) is 7.47. The minimum absolute atomic E-state index is 0.452. The second-order valence-electron chi connectivity index (χ2n) is 5.54. The molecule has 2 heterocycles. The van der Waals surface area contributed by atoms with Crippen LogP contribution in [0.25, 0.3) is 0 Å². The Balaban J connectivity index is 2.27. The fourth-order valence-corrected chi connectivity index (χ4v) is 2.80. The number of piperidine rings is 1.